The van der Waals surface area contributed by atoms with Crippen molar-refractivity contribution in [2.75, 3.05) is 64.3 Å². The molecule has 2 fully saturated rings. The van der Waals surface area contributed by atoms with Crippen LogP contribution in [0, 0.1) is 0 Å². The molecule has 0 atom stereocenters. The Hall–Kier alpha value is -1.83. The number of hydrogen-bond acceptors (Lipinski definition) is 4. The van der Waals surface area contributed by atoms with Gasteiger partial charge in [0.2, 0.25) is 5.91 Å². The van der Waals surface area contributed by atoms with Gasteiger partial charge in [0.05, 0.1) is 19.8 Å². The number of nitrogens with zero attached hydrogens (tertiary/aromatic N) is 3. The van der Waals surface area contributed by atoms with Crippen LogP contribution in [0.2, 0.25) is 5.02 Å². The molecular formula is C17H23ClN4O3. The standard InChI is InChI=1S/C17H23ClN4O3/c18-14-2-1-3-15(12-14)19-17(24)22-6-4-20(5-7-22)13-16(23)21-8-10-25-11-9-21/h1-3,12H,4-11,13H2,(H,19,24). The van der Waals surface area contributed by atoms with E-state index in [0.717, 1.165) is 0 Å². The number of benzene rings is 1. The van der Waals surface area contributed by atoms with E-state index < -0.39 is 0 Å². The molecule has 1 aromatic rings. The Kier molecular flexibility index (Phi) is 6.12. The Morgan fingerprint density at radius 1 is 1.04 bits per heavy atom. The first-order valence-corrected chi connectivity index (χ1v) is 8.89. The third-order valence-electron chi connectivity index (χ3n) is 4.46. The molecule has 7 nitrogen and oxygen atoms in total. The van der Waals surface area contributed by atoms with Gasteiger partial charge in [-0.3, -0.25) is 9.69 Å². The Balaban J connectivity index is 1.43. The molecule has 0 saturated carbocycles. The lowest BCUT2D eigenvalue weighted by molar-refractivity contribution is -0.136. The Morgan fingerprint density at radius 3 is 2.44 bits per heavy atom. The van der Waals surface area contributed by atoms with E-state index in [4.69, 9.17) is 16.3 Å². The molecule has 2 saturated heterocycles. The van der Waals surface area contributed by atoms with Crippen LogP contribution in [0.5, 0.6) is 0 Å². The van der Waals surface area contributed by atoms with E-state index in [0.29, 0.717) is 69.7 Å². The molecule has 0 aliphatic carbocycles. The molecule has 3 amide bonds. The molecule has 0 spiro atoms. The van der Waals surface area contributed by atoms with Crippen LogP contribution in [0.15, 0.2) is 24.3 Å². The molecule has 0 bridgehead atoms. The van der Waals surface area contributed by atoms with Crippen molar-refractivity contribution < 1.29 is 14.3 Å². The van der Waals surface area contributed by atoms with Gasteiger partial charge in [-0.25, -0.2) is 4.79 Å². The summed E-state index contributed by atoms with van der Waals surface area (Å²) < 4.78 is 5.27. The minimum atomic E-state index is -0.138. The summed E-state index contributed by atoms with van der Waals surface area (Å²) in [5, 5.41) is 3.44. The molecule has 136 valence electrons. The topological polar surface area (TPSA) is 65.1 Å². The van der Waals surface area contributed by atoms with Crippen molar-refractivity contribution in [1.29, 1.82) is 0 Å². The minimum absolute atomic E-state index is 0.138. The third-order valence-corrected chi connectivity index (χ3v) is 4.69. The van der Waals surface area contributed by atoms with Crippen molar-refractivity contribution in [3.05, 3.63) is 29.3 Å². The van der Waals surface area contributed by atoms with E-state index in [-0.39, 0.29) is 11.9 Å². The van der Waals surface area contributed by atoms with E-state index in [2.05, 4.69) is 10.2 Å². The molecule has 1 aromatic carbocycles. The van der Waals surface area contributed by atoms with Crippen LogP contribution in [-0.2, 0) is 9.53 Å². The first kappa shape index (κ1) is 18.0. The van der Waals surface area contributed by atoms with Gasteiger partial charge in [-0.2, -0.15) is 0 Å². The first-order chi connectivity index (χ1) is 12.1. The van der Waals surface area contributed by atoms with Crippen molar-refractivity contribution >= 4 is 29.2 Å². The number of amides is 3. The number of halogens is 1. The highest BCUT2D eigenvalue weighted by atomic mass is 35.5. The van der Waals surface area contributed by atoms with E-state index in [9.17, 15) is 9.59 Å². The SMILES string of the molecule is O=C(CN1CCN(C(=O)Nc2cccc(Cl)c2)CC1)N1CCOCC1. The van der Waals surface area contributed by atoms with Gasteiger partial charge >= 0.3 is 6.03 Å². The highest BCUT2D eigenvalue weighted by Gasteiger charge is 2.25. The van der Waals surface area contributed by atoms with Gasteiger partial charge in [-0.15, -0.1) is 0 Å². The van der Waals surface area contributed by atoms with Crippen LogP contribution in [0.3, 0.4) is 0 Å². The zero-order chi connectivity index (χ0) is 17.6. The predicted molar refractivity (Wildman–Crippen MR) is 95.9 cm³/mol. The van der Waals surface area contributed by atoms with Crippen LogP contribution in [0.1, 0.15) is 0 Å². The van der Waals surface area contributed by atoms with Gasteiger partial charge in [0.25, 0.3) is 0 Å². The maximum absolute atomic E-state index is 12.3. The normalized spacial score (nSPS) is 18.9. The van der Waals surface area contributed by atoms with Crippen LogP contribution >= 0.6 is 11.6 Å². The summed E-state index contributed by atoms with van der Waals surface area (Å²) in [7, 11) is 0. The van der Waals surface area contributed by atoms with Crippen LogP contribution < -0.4 is 5.32 Å². The lowest BCUT2D eigenvalue weighted by atomic mass is 10.3. The van der Waals surface area contributed by atoms with E-state index in [1.807, 2.05) is 4.90 Å². The molecule has 0 radical (unpaired) electrons. The quantitative estimate of drug-likeness (QED) is 0.877. The number of anilines is 1. The Bertz CT molecular complexity index is 614. The van der Waals surface area contributed by atoms with Crippen LogP contribution in [0.4, 0.5) is 10.5 Å². The summed E-state index contributed by atoms with van der Waals surface area (Å²) in [6.45, 7) is 5.56. The molecule has 0 unspecified atom stereocenters. The molecule has 1 N–H and O–H groups in total. The molecule has 2 aliphatic heterocycles. The van der Waals surface area contributed by atoms with E-state index >= 15 is 0 Å². The molecule has 25 heavy (non-hydrogen) atoms. The second kappa shape index (κ2) is 8.51. The van der Waals surface area contributed by atoms with Gasteiger partial charge in [0.1, 0.15) is 0 Å². The average molecular weight is 367 g/mol. The van der Waals surface area contributed by atoms with Gasteiger partial charge in [0.15, 0.2) is 0 Å². The molecule has 3 rings (SSSR count). The van der Waals surface area contributed by atoms with Crippen molar-refractivity contribution in [2.45, 2.75) is 0 Å². The van der Waals surface area contributed by atoms with Crippen molar-refractivity contribution in [1.82, 2.24) is 14.7 Å². The predicted octanol–water partition coefficient (Wildman–Crippen LogP) is 1.35. The highest BCUT2D eigenvalue weighted by Crippen LogP contribution is 2.16. The minimum Gasteiger partial charge on any atom is -0.378 e. The van der Waals surface area contributed by atoms with Gasteiger partial charge in [-0.1, -0.05) is 17.7 Å². The molecule has 8 heteroatoms. The van der Waals surface area contributed by atoms with E-state index in [1.165, 1.54) is 0 Å². The Labute approximate surface area is 152 Å². The number of carbonyl (C=O) groups is 2. The highest BCUT2D eigenvalue weighted by molar-refractivity contribution is 6.30. The summed E-state index contributed by atoms with van der Waals surface area (Å²) in [6.07, 6.45) is 0. The van der Waals surface area contributed by atoms with Crippen LogP contribution in [0.25, 0.3) is 0 Å². The van der Waals surface area contributed by atoms with Crippen LogP contribution in [-0.4, -0.2) is 85.7 Å². The third kappa shape index (κ3) is 5.07. The number of rotatable bonds is 3. The number of urea groups is 1. The average Bonchev–Trinajstić information content (AvgIpc) is 2.63. The summed E-state index contributed by atoms with van der Waals surface area (Å²) in [5.41, 5.74) is 0.683. The maximum Gasteiger partial charge on any atom is 0.321 e. The molecular weight excluding hydrogens is 344 g/mol. The summed E-state index contributed by atoms with van der Waals surface area (Å²) in [6, 6.07) is 6.95. The van der Waals surface area contributed by atoms with Gasteiger partial charge < -0.3 is 19.9 Å². The fraction of sp³-hybridized carbons (Fsp3) is 0.529. The second-order valence-electron chi connectivity index (χ2n) is 6.20. The zero-order valence-corrected chi connectivity index (χ0v) is 14.9. The lowest BCUT2D eigenvalue weighted by Gasteiger charge is -2.36. The number of morpholine rings is 1. The summed E-state index contributed by atoms with van der Waals surface area (Å²) >= 11 is 5.93. The molecule has 2 aliphatic rings. The molecule has 2 heterocycles. The van der Waals surface area contributed by atoms with Gasteiger partial charge in [0, 0.05) is 50.0 Å². The number of nitrogens with one attached hydrogen (secondary N) is 1. The first-order valence-electron chi connectivity index (χ1n) is 8.51. The lowest BCUT2D eigenvalue weighted by Crippen LogP contribution is -2.53. The number of hydrogen-bond donors (Lipinski definition) is 1. The number of ether oxygens (including phenoxy) is 1. The monoisotopic (exact) mass is 366 g/mol. The fourth-order valence-electron chi connectivity index (χ4n) is 2.98. The summed E-state index contributed by atoms with van der Waals surface area (Å²) in [4.78, 5) is 30.3. The second-order valence-corrected chi connectivity index (χ2v) is 6.63. The Morgan fingerprint density at radius 2 is 1.76 bits per heavy atom. The summed E-state index contributed by atoms with van der Waals surface area (Å²) in [5.74, 6) is 0.139. The fourth-order valence-corrected chi connectivity index (χ4v) is 3.17. The van der Waals surface area contributed by atoms with Crippen molar-refractivity contribution in [2.24, 2.45) is 0 Å². The van der Waals surface area contributed by atoms with Gasteiger partial charge in [-0.05, 0) is 18.2 Å². The smallest absolute Gasteiger partial charge is 0.321 e. The molecule has 0 aromatic heterocycles. The largest absolute Gasteiger partial charge is 0.378 e. The zero-order valence-electron chi connectivity index (χ0n) is 14.1. The maximum atomic E-state index is 12.3. The number of carbonyl (C=O) groups excluding carboxylic acids is 2. The van der Waals surface area contributed by atoms with Crippen molar-refractivity contribution in [3.63, 3.8) is 0 Å². The van der Waals surface area contributed by atoms with E-state index in [1.54, 1.807) is 29.2 Å². The van der Waals surface area contributed by atoms with Crippen molar-refractivity contribution in [3.8, 4) is 0 Å². The number of piperazine rings is 1.